The van der Waals surface area contributed by atoms with Crippen LogP contribution >= 0.6 is 0 Å². The molecule has 0 heterocycles. The fourth-order valence-corrected chi connectivity index (χ4v) is 1.07. The molecule has 2 nitrogen and oxygen atoms in total. The topological polar surface area (TPSA) is 18.5 Å². The van der Waals surface area contributed by atoms with E-state index in [1.54, 1.807) is 0 Å². The summed E-state index contributed by atoms with van der Waals surface area (Å²) in [6.07, 6.45) is 0. The second-order valence-corrected chi connectivity index (χ2v) is 2.78. The molecule has 1 rings (SSSR count). The van der Waals surface area contributed by atoms with Gasteiger partial charge in [0.1, 0.15) is 17.3 Å². The molecule has 0 bridgehead atoms. The van der Waals surface area contributed by atoms with Gasteiger partial charge in [-0.1, -0.05) is 0 Å². The van der Waals surface area contributed by atoms with E-state index in [9.17, 15) is 22.0 Å². The summed E-state index contributed by atoms with van der Waals surface area (Å²) in [6, 6.07) is 1.33. The molecule has 0 fully saturated rings. The maximum Gasteiger partial charge on any atom is 0.387 e. The van der Waals surface area contributed by atoms with Gasteiger partial charge >= 0.3 is 13.2 Å². The van der Waals surface area contributed by atoms with E-state index in [1.165, 1.54) is 6.92 Å². The lowest BCUT2D eigenvalue weighted by molar-refractivity contribution is -0.0554. The number of ether oxygens (including phenoxy) is 2. The molecule has 90 valence electrons. The van der Waals surface area contributed by atoms with E-state index in [2.05, 4.69) is 9.47 Å². The van der Waals surface area contributed by atoms with Crippen LogP contribution in [0.1, 0.15) is 5.56 Å². The minimum absolute atomic E-state index is 0.123. The van der Waals surface area contributed by atoms with Crippen molar-refractivity contribution in [1.29, 1.82) is 0 Å². The summed E-state index contributed by atoms with van der Waals surface area (Å²) >= 11 is 0. The fourth-order valence-electron chi connectivity index (χ4n) is 1.07. The first-order valence-corrected chi connectivity index (χ1v) is 4.10. The standard InChI is InChI=1S/C9H7F5O2/c1-4-6(15-8(11)12)2-5(10)3-7(4)16-9(13)14/h2-3,8-9H,1H3. The first-order valence-electron chi connectivity index (χ1n) is 4.10. The molecule has 0 spiro atoms. The van der Waals surface area contributed by atoms with Crippen molar-refractivity contribution in [3.8, 4) is 11.5 Å². The van der Waals surface area contributed by atoms with Gasteiger partial charge in [-0.25, -0.2) is 4.39 Å². The van der Waals surface area contributed by atoms with Gasteiger partial charge in [0.2, 0.25) is 0 Å². The van der Waals surface area contributed by atoms with E-state index >= 15 is 0 Å². The van der Waals surface area contributed by atoms with Crippen LogP contribution in [0.3, 0.4) is 0 Å². The summed E-state index contributed by atoms with van der Waals surface area (Å²) in [5, 5.41) is 0. The molecule has 1 aromatic rings. The minimum Gasteiger partial charge on any atom is -0.434 e. The SMILES string of the molecule is Cc1c(OC(F)F)cc(F)cc1OC(F)F. The number of hydrogen-bond donors (Lipinski definition) is 0. The molecule has 0 saturated heterocycles. The van der Waals surface area contributed by atoms with Crippen LogP contribution in [0.2, 0.25) is 0 Å². The number of hydrogen-bond acceptors (Lipinski definition) is 2. The van der Waals surface area contributed by atoms with E-state index < -0.39 is 30.5 Å². The zero-order valence-electron chi connectivity index (χ0n) is 8.02. The second kappa shape index (κ2) is 5.00. The molecular formula is C9H7F5O2. The van der Waals surface area contributed by atoms with E-state index in [0.29, 0.717) is 12.1 Å². The van der Waals surface area contributed by atoms with Gasteiger partial charge in [-0.3, -0.25) is 0 Å². The lowest BCUT2D eigenvalue weighted by Crippen LogP contribution is -2.07. The monoisotopic (exact) mass is 242 g/mol. The molecule has 0 radical (unpaired) electrons. The molecule has 0 amide bonds. The number of halogens is 5. The van der Waals surface area contributed by atoms with Gasteiger partial charge in [0.05, 0.1) is 0 Å². The Bertz CT molecular complexity index is 336. The number of rotatable bonds is 4. The molecule has 0 unspecified atom stereocenters. The van der Waals surface area contributed by atoms with Gasteiger partial charge in [0.25, 0.3) is 0 Å². The quantitative estimate of drug-likeness (QED) is 0.754. The largest absolute Gasteiger partial charge is 0.434 e. The van der Waals surface area contributed by atoms with Crippen molar-refractivity contribution in [2.45, 2.75) is 20.1 Å². The minimum atomic E-state index is -3.17. The summed E-state index contributed by atoms with van der Waals surface area (Å²) in [4.78, 5) is 0. The van der Waals surface area contributed by atoms with E-state index in [0.717, 1.165) is 0 Å². The Morgan fingerprint density at radius 2 is 1.31 bits per heavy atom. The van der Waals surface area contributed by atoms with Crippen molar-refractivity contribution < 1.29 is 31.4 Å². The number of benzene rings is 1. The Morgan fingerprint density at radius 1 is 0.938 bits per heavy atom. The Kier molecular flexibility index (Phi) is 3.92. The summed E-state index contributed by atoms with van der Waals surface area (Å²) in [6.45, 7) is -5.13. The van der Waals surface area contributed by atoms with Crippen LogP contribution < -0.4 is 9.47 Å². The molecule has 0 atom stereocenters. The Balaban J connectivity index is 3.05. The summed E-state index contributed by atoms with van der Waals surface area (Å²) in [5.41, 5.74) is -0.123. The van der Waals surface area contributed by atoms with Crippen LogP contribution in [0.4, 0.5) is 22.0 Å². The second-order valence-electron chi connectivity index (χ2n) is 2.78. The molecule has 0 N–H and O–H groups in total. The van der Waals surface area contributed by atoms with Gasteiger partial charge in [0, 0.05) is 17.7 Å². The highest BCUT2D eigenvalue weighted by atomic mass is 19.3. The Morgan fingerprint density at radius 3 is 1.62 bits per heavy atom. The smallest absolute Gasteiger partial charge is 0.387 e. The van der Waals surface area contributed by atoms with Crippen molar-refractivity contribution in [1.82, 2.24) is 0 Å². The maximum atomic E-state index is 12.9. The highest BCUT2D eigenvalue weighted by Crippen LogP contribution is 2.31. The molecule has 7 heteroatoms. The molecule has 0 aliphatic heterocycles. The van der Waals surface area contributed by atoms with Crippen molar-refractivity contribution in [3.05, 3.63) is 23.5 Å². The van der Waals surface area contributed by atoms with E-state index in [-0.39, 0.29) is 5.56 Å². The average molecular weight is 242 g/mol. The van der Waals surface area contributed by atoms with Crippen LogP contribution in [0.5, 0.6) is 11.5 Å². The zero-order valence-corrected chi connectivity index (χ0v) is 8.02. The lowest BCUT2D eigenvalue weighted by Gasteiger charge is -2.12. The number of alkyl halides is 4. The van der Waals surface area contributed by atoms with Crippen LogP contribution in [-0.4, -0.2) is 13.2 Å². The van der Waals surface area contributed by atoms with Gasteiger partial charge < -0.3 is 9.47 Å². The first-order chi connectivity index (χ1) is 7.40. The van der Waals surface area contributed by atoms with Gasteiger partial charge in [0.15, 0.2) is 0 Å². The molecule has 0 aliphatic rings. The molecule has 0 saturated carbocycles. The molecule has 0 aromatic heterocycles. The predicted octanol–water partition coefficient (Wildman–Crippen LogP) is 3.34. The zero-order chi connectivity index (χ0) is 12.3. The van der Waals surface area contributed by atoms with E-state index in [4.69, 9.17) is 0 Å². The van der Waals surface area contributed by atoms with Crippen molar-refractivity contribution >= 4 is 0 Å². The molecule has 0 aliphatic carbocycles. The van der Waals surface area contributed by atoms with Crippen LogP contribution in [0.25, 0.3) is 0 Å². The summed E-state index contributed by atoms with van der Waals surface area (Å²) < 4.78 is 68.3. The normalized spacial score (nSPS) is 11.0. The van der Waals surface area contributed by atoms with Crippen molar-refractivity contribution in [2.75, 3.05) is 0 Å². The third-order valence-electron chi connectivity index (χ3n) is 1.71. The highest BCUT2D eigenvalue weighted by molar-refractivity contribution is 5.44. The third-order valence-corrected chi connectivity index (χ3v) is 1.71. The molecule has 16 heavy (non-hydrogen) atoms. The molecular weight excluding hydrogens is 235 g/mol. The lowest BCUT2D eigenvalue weighted by atomic mass is 10.2. The highest BCUT2D eigenvalue weighted by Gasteiger charge is 2.16. The van der Waals surface area contributed by atoms with Crippen molar-refractivity contribution in [3.63, 3.8) is 0 Å². The van der Waals surface area contributed by atoms with Gasteiger partial charge in [-0.15, -0.1) is 0 Å². The molecule has 1 aromatic carbocycles. The average Bonchev–Trinajstić information content (AvgIpc) is 2.11. The predicted molar refractivity (Wildman–Crippen MR) is 44.4 cm³/mol. The Hall–Kier alpha value is -1.53. The van der Waals surface area contributed by atoms with Crippen molar-refractivity contribution in [2.24, 2.45) is 0 Å². The van der Waals surface area contributed by atoms with Crippen LogP contribution in [0, 0.1) is 12.7 Å². The van der Waals surface area contributed by atoms with E-state index in [1.807, 2.05) is 0 Å². The Labute approximate surface area is 87.6 Å². The first kappa shape index (κ1) is 12.5. The van der Waals surface area contributed by atoms with Gasteiger partial charge in [-0.2, -0.15) is 17.6 Å². The third kappa shape index (κ3) is 3.25. The fraction of sp³-hybridized carbons (Fsp3) is 0.333. The van der Waals surface area contributed by atoms with Crippen LogP contribution in [-0.2, 0) is 0 Å². The van der Waals surface area contributed by atoms with Crippen LogP contribution in [0.15, 0.2) is 12.1 Å². The summed E-state index contributed by atoms with van der Waals surface area (Å²) in [5.74, 6) is -2.08. The maximum absolute atomic E-state index is 12.9. The van der Waals surface area contributed by atoms with Gasteiger partial charge in [-0.05, 0) is 6.92 Å². The summed E-state index contributed by atoms with van der Waals surface area (Å²) in [7, 11) is 0.